The number of benzene rings is 1. The van der Waals surface area contributed by atoms with Crippen LogP contribution in [0.4, 0.5) is 0 Å². The fraction of sp³-hybridized carbons (Fsp3) is 0.400. The van der Waals surface area contributed by atoms with E-state index in [1.54, 1.807) is 10.9 Å². The Balaban J connectivity index is 2.33. The first-order valence-corrected chi connectivity index (χ1v) is 7.68. The summed E-state index contributed by atoms with van der Waals surface area (Å²) in [6.45, 7) is 6.71. The van der Waals surface area contributed by atoms with Gasteiger partial charge in [0.05, 0.1) is 6.54 Å². The summed E-state index contributed by atoms with van der Waals surface area (Å²) in [5.74, 6) is 0. The van der Waals surface area contributed by atoms with Crippen molar-refractivity contribution in [3.8, 4) is 0 Å². The first kappa shape index (κ1) is 14.4. The van der Waals surface area contributed by atoms with Crippen LogP contribution < -0.4 is 5.56 Å². The van der Waals surface area contributed by atoms with Gasteiger partial charge in [-0.05, 0) is 48.0 Å². The highest BCUT2D eigenvalue weighted by Gasteiger charge is 2.10. The Kier molecular flexibility index (Phi) is 4.48. The van der Waals surface area contributed by atoms with Crippen molar-refractivity contribution in [2.24, 2.45) is 0 Å². The van der Waals surface area contributed by atoms with Gasteiger partial charge in [-0.15, -0.1) is 0 Å². The van der Waals surface area contributed by atoms with E-state index in [1.807, 2.05) is 0 Å². The van der Waals surface area contributed by atoms with Gasteiger partial charge in [-0.1, -0.05) is 43.6 Å². The van der Waals surface area contributed by atoms with Crippen molar-refractivity contribution >= 4 is 23.1 Å². The lowest BCUT2D eigenvalue weighted by Gasteiger charge is -2.09. The molecule has 2 nitrogen and oxygen atoms in total. The monoisotopic (exact) mass is 295 g/mol. The topological polar surface area (TPSA) is 22.0 Å². The molecule has 0 fully saturated rings. The molecule has 0 spiro atoms. The zero-order valence-corrected chi connectivity index (χ0v) is 13.1. The predicted octanol–water partition coefficient (Wildman–Crippen LogP) is 4.04. The minimum Gasteiger partial charge on any atom is -0.268 e. The van der Waals surface area contributed by atoms with E-state index in [0.29, 0.717) is 16.4 Å². The zero-order valence-electron chi connectivity index (χ0n) is 11.5. The van der Waals surface area contributed by atoms with Gasteiger partial charge < -0.3 is 0 Å². The molecule has 1 aromatic carbocycles. The zero-order chi connectivity index (χ0) is 14.0. The second-order valence-electron chi connectivity index (χ2n) is 4.64. The second-order valence-corrected chi connectivity index (χ2v) is 6.28. The van der Waals surface area contributed by atoms with E-state index in [2.05, 4.69) is 32.0 Å². The van der Waals surface area contributed by atoms with E-state index in [-0.39, 0.29) is 5.56 Å². The molecule has 0 unspecified atom stereocenters. The van der Waals surface area contributed by atoms with Gasteiger partial charge in [0, 0.05) is 5.56 Å². The van der Waals surface area contributed by atoms with Gasteiger partial charge in [0.2, 0.25) is 0 Å². The largest absolute Gasteiger partial charge is 0.268 e. The molecule has 19 heavy (non-hydrogen) atoms. The van der Waals surface area contributed by atoms with Crippen LogP contribution in [0.15, 0.2) is 23.0 Å². The van der Waals surface area contributed by atoms with Crippen molar-refractivity contribution in [2.45, 2.75) is 40.2 Å². The molecule has 0 radical (unpaired) electrons. The van der Waals surface area contributed by atoms with Crippen LogP contribution in [0.25, 0.3) is 0 Å². The number of rotatable bonds is 4. The molecule has 0 amide bonds. The van der Waals surface area contributed by atoms with Gasteiger partial charge in [0.1, 0.15) is 4.34 Å². The van der Waals surface area contributed by atoms with Crippen LogP contribution >= 0.6 is 23.1 Å². The third-order valence-electron chi connectivity index (χ3n) is 3.39. The summed E-state index contributed by atoms with van der Waals surface area (Å²) in [6, 6.07) is 6.48. The molecule has 0 saturated heterocycles. The van der Waals surface area contributed by atoms with E-state index < -0.39 is 0 Å². The van der Waals surface area contributed by atoms with Crippen molar-refractivity contribution in [2.75, 3.05) is 0 Å². The minimum atomic E-state index is 0.0209. The molecule has 0 N–H and O–H groups in total. The van der Waals surface area contributed by atoms with Crippen LogP contribution in [0.1, 0.15) is 36.1 Å². The summed E-state index contributed by atoms with van der Waals surface area (Å²) < 4.78 is 2.31. The Morgan fingerprint density at radius 1 is 1.21 bits per heavy atom. The van der Waals surface area contributed by atoms with E-state index >= 15 is 0 Å². The normalized spacial score (nSPS) is 10.9. The first-order valence-electron chi connectivity index (χ1n) is 6.53. The highest BCUT2D eigenvalue weighted by Crippen LogP contribution is 2.20. The van der Waals surface area contributed by atoms with Crippen molar-refractivity contribution in [3.05, 3.63) is 55.1 Å². The summed E-state index contributed by atoms with van der Waals surface area (Å²) in [6.07, 6.45) is 2.07. The number of halogens is 1. The van der Waals surface area contributed by atoms with E-state index in [4.69, 9.17) is 11.6 Å². The standard InChI is InChI=1S/C15H18ClNOS/c1-4-12-7-6-11(8-13(12)5-2)9-17-15(18)10(3)14(16)19-17/h6-8H,4-5,9H2,1-3H3. The number of nitrogens with zero attached hydrogens (tertiary/aromatic N) is 1. The third kappa shape index (κ3) is 2.93. The lowest BCUT2D eigenvalue weighted by Crippen LogP contribution is -2.15. The molecule has 2 rings (SSSR count). The Morgan fingerprint density at radius 3 is 2.42 bits per heavy atom. The van der Waals surface area contributed by atoms with E-state index in [0.717, 1.165) is 18.4 Å². The maximum atomic E-state index is 12.0. The van der Waals surface area contributed by atoms with Gasteiger partial charge in [0.25, 0.3) is 5.56 Å². The Labute approximate surface area is 122 Å². The minimum absolute atomic E-state index is 0.0209. The SMILES string of the molecule is CCc1ccc(Cn2sc(Cl)c(C)c2=O)cc1CC. The van der Waals surface area contributed by atoms with Crippen LogP contribution in [0.3, 0.4) is 0 Å². The molecular weight excluding hydrogens is 278 g/mol. The highest BCUT2D eigenvalue weighted by atomic mass is 35.5. The smallest absolute Gasteiger partial charge is 0.265 e. The molecule has 102 valence electrons. The van der Waals surface area contributed by atoms with Crippen molar-refractivity contribution in [3.63, 3.8) is 0 Å². The van der Waals surface area contributed by atoms with Gasteiger partial charge in [0.15, 0.2) is 0 Å². The molecule has 0 saturated carbocycles. The second kappa shape index (κ2) is 5.93. The average Bonchev–Trinajstić information content (AvgIpc) is 2.66. The summed E-state index contributed by atoms with van der Waals surface area (Å²) in [5, 5.41) is 0. The summed E-state index contributed by atoms with van der Waals surface area (Å²) in [5.41, 5.74) is 4.58. The molecule has 4 heteroatoms. The quantitative estimate of drug-likeness (QED) is 0.834. The molecule has 2 aromatic rings. The fourth-order valence-electron chi connectivity index (χ4n) is 2.20. The molecule has 0 bridgehead atoms. The van der Waals surface area contributed by atoms with Crippen LogP contribution in [0.5, 0.6) is 0 Å². The summed E-state index contributed by atoms with van der Waals surface area (Å²) in [7, 11) is 0. The highest BCUT2D eigenvalue weighted by molar-refractivity contribution is 7.11. The Bertz CT molecular complexity index is 642. The Morgan fingerprint density at radius 2 is 1.89 bits per heavy atom. The van der Waals surface area contributed by atoms with Crippen LogP contribution in [0.2, 0.25) is 4.34 Å². The van der Waals surface area contributed by atoms with Gasteiger partial charge in [-0.3, -0.25) is 8.75 Å². The van der Waals surface area contributed by atoms with E-state index in [1.165, 1.54) is 22.7 Å². The van der Waals surface area contributed by atoms with Gasteiger partial charge in [-0.25, -0.2) is 0 Å². The maximum absolute atomic E-state index is 12.0. The van der Waals surface area contributed by atoms with Crippen molar-refractivity contribution in [1.82, 2.24) is 3.96 Å². The van der Waals surface area contributed by atoms with Crippen molar-refractivity contribution in [1.29, 1.82) is 0 Å². The first-order chi connectivity index (χ1) is 9.06. The van der Waals surface area contributed by atoms with Crippen LogP contribution in [0, 0.1) is 6.92 Å². The predicted molar refractivity (Wildman–Crippen MR) is 82.6 cm³/mol. The van der Waals surface area contributed by atoms with Gasteiger partial charge >= 0.3 is 0 Å². The molecule has 0 atom stereocenters. The maximum Gasteiger partial charge on any atom is 0.265 e. The number of aromatic nitrogens is 1. The molecule has 0 aliphatic heterocycles. The average molecular weight is 296 g/mol. The lowest BCUT2D eigenvalue weighted by molar-refractivity contribution is 0.839. The van der Waals surface area contributed by atoms with E-state index in [9.17, 15) is 4.79 Å². The number of hydrogen-bond acceptors (Lipinski definition) is 2. The molecule has 1 heterocycles. The fourth-order valence-corrected chi connectivity index (χ4v) is 3.38. The molecule has 0 aliphatic rings. The van der Waals surface area contributed by atoms with Crippen molar-refractivity contribution < 1.29 is 0 Å². The lowest BCUT2D eigenvalue weighted by atomic mass is 10.00. The number of aryl methyl sites for hydroxylation is 2. The molecule has 0 aliphatic carbocycles. The third-order valence-corrected chi connectivity index (χ3v) is 4.86. The van der Waals surface area contributed by atoms with Crippen LogP contribution in [-0.4, -0.2) is 3.96 Å². The van der Waals surface area contributed by atoms with Gasteiger partial charge in [-0.2, -0.15) is 0 Å². The summed E-state index contributed by atoms with van der Waals surface area (Å²) >= 11 is 7.33. The number of hydrogen-bond donors (Lipinski definition) is 0. The van der Waals surface area contributed by atoms with Crippen LogP contribution in [-0.2, 0) is 19.4 Å². The molecule has 1 aromatic heterocycles. The summed E-state index contributed by atoms with van der Waals surface area (Å²) in [4.78, 5) is 12.0. The Hall–Kier alpha value is -1.06. The molecular formula is C15H18ClNOS.